The van der Waals surface area contributed by atoms with Crippen LogP contribution in [0.3, 0.4) is 0 Å². The first-order valence-corrected chi connectivity index (χ1v) is 10.3. The fraction of sp³-hybridized carbons (Fsp3) is 0.429. The van der Waals surface area contributed by atoms with E-state index in [-0.39, 0.29) is 23.7 Å². The van der Waals surface area contributed by atoms with Crippen molar-refractivity contribution in [2.45, 2.75) is 12.6 Å². The van der Waals surface area contributed by atoms with Gasteiger partial charge >= 0.3 is 5.97 Å². The summed E-state index contributed by atoms with van der Waals surface area (Å²) in [5, 5.41) is 4.65. The molecule has 0 aliphatic carbocycles. The van der Waals surface area contributed by atoms with Gasteiger partial charge in [0, 0.05) is 44.4 Å². The maximum Gasteiger partial charge on any atom is 0.327 e. The molecule has 9 nitrogen and oxygen atoms in total. The third kappa shape index (κ3) is 5.30. The van der Waals surface area contributed by atoms with Gasteiger partial charge in [-0.3, -0.25) is 14.5 Å². The lowest BCUT2D eigenvalue weighted by Gasteiger charge is -2.38. The minimum absolute atomic E-state index is 0.194. The van der Waals surface area contributed by atoms with E-state index in [2.05, 4.69) is 5.10 Å². The number of rotatable bonds is 7. The molecule has 0 spiro atoms. The molecule has 1 atom stereocenters. The average molecular weight is 449 g/mol. The second kappa shape index (κ2) is 10.5. The Labute approximate surface area is 185 Å². The van der Waals surface area contributed by atoms with Gasteiger partial charge in [-0.2, -0.15) is 5.10 Å². The Morgan fingerprint density at radius 1 is 1.10 bits per heavy atom. The summed E-state index contributed by atoms with van der Waals surface area (Å²) in [6.45, 7) is 2.30. The predicted octanol–water partition coefficient (Wildman–Crippen LogP) is 1.22. The van der Waals surface area contributed by atoms with Crippen molar-refractivity contribution in [1.29, 1.82) is 0 Å². The summed E-state index contributed by atoms with van der Waals surface area (Å²) in [4.78, 5) is 40.9. The van der Waals surface area contributed by atoms with E-state index in [9.17, 15) is 14.4 Å². The van der Waals surface area contributed by atoms with Crippen LogP contribution in [0.15, 0.2) is 41.2 Å². The molecule has 1 amide bonds. The van der Waals surface area contributed by atoms with Crippen molar-refractivity contribution in [2.75, 3.05) is 47.0 Å². The molecule has 1 unspecified atom stereocenters. The van der Waals surface area contributed by atoms with Crippen LogP contribution in [-0.2, 0) is 20.8 Å². The van der Waals surface area contributed by atoms with E-state index in [1.54, 1.807) is 23.1 Å². The fourth-order valence-electron chi connectivity index (χ4n) is 3.53. The number of carbonyl (C=O) groups excluding carboxylic acids is 2. The zero-order chi connectivity index (χ0) is 22.4. The molecule has 2 heterocycles. The molecule has 3 rings (SSSR count). The number of halogens is 1. The van der Waals surface area contributed by atoms with Crippen molar-refractivity contribution in [2.24, 2.45) is 0 Å². The molecule has 1 aromatic carbocycles. The monoisotopic (exact) mass is 448 g/mol. The number of aromatic nitrogens is 2. The summed E-state index contributed by atoms with van der Waals surface area (Å²) in [6.07, 6.45) is 0. The molecule has 1 aliphatic rings. The van der Waals surface area contributed by atoms with Crippen molar-refractivity contribution in [1.82, 2.24) is 19.6 Å². The first-order chi connectivity index (χ1) is 15.0. The second-order valence-corrected chi connectivity index (χ2v) is 7.46. The van der Waals surface area contributed by atoms with Crippen LogP contribution in [0.5, 0.6) is 0 Å². The molecule has 166 valence electrons. The average Bonchev–Trinajstić information content (AvgIpc) is 2.79. The number of esters is 1. The van der Waals surface area contributed by atoms with Gasteiger partial charge in [0.15, 0.2) is 0 Å². The fourth-order valence-corrected chi connectivity index (χ4v) is 3.77. The van der Waals surface area contributed by atoms with Gasteiger partial charge in [-0.05, 0) is 17.7 Å². The zero-order valence-corrected chi connectivity index (χ0v) is 18.2. The van der Waals surface area contributed by atoms with E-state index in [4.69, 9.17) is 21.1 Å². The molecule has 1 aromatic heterocycles. The smallest absolute Gasteiger partial charge is 0.327 e. The lowest BCUT2D eigenvalue weighted by atomic mass is 10.0. The van der Waals surface area contributed by atoms with Crippen LogP contribution in [0.2, 0.25) is 5.02 Å². The topological polar surface area (TPSA) is 94.0 Å². The first kappa shape index (κ1) is 22.9. The quantitative estimate of drug-likeness (QED) is 0.588. The third-order valence-corrected chi connectivity index (χ3v) is 5.53. The van der Waals surface area contributed by atoms with Crippen molar-refractivity contribution >= 4 is 23.5 Å². The molecule has 0 bridgehead atoms. The van der Waals surface area contributed by atoms with Gasteiger partial charge in [-0.15, -0.1) is 0 Å². The van der Waals surface area contributed by atoms with E-state index in [0.29, 0.717) is 43.4 Å². The van der Waals surface area contributed by atoms with E-state index in [1.807, 2.05) is 11.0 Å². The highest BCUT2D eigenvalue weighted by molar-refractivity contribution is 6.31. The Bertz CT molecular complexity index is 988. The van der Waals surface area contributed by atoms with Crippen LogP contribution in [0, 0.1) is 0 Å². The molecular formula is C21H25ClN4O5. The van der Waals surface area contributed by atoms with Gasteiger partial charge in [0.25, 0.3) is 11.5 Å². The van der Waals surface area contributed by atoms with Crippen molar-refractivity contribution in [3.8, 4) is 0 Å². The molecule has 0 radical (unpaired) electrons. The van der Waals surface area contributed by atoms with Crippen LogP contribution in [0.25, 0.3) is 0 Å². The maximum absolute atomic E-state index is 12.9. The Morgan fingerprint density at radius 3 is 2.45 bits per heavy atom. The largest absolute Gasteiger partial charge is 0.468 e. The minimum atomic E-state index is -0.648. The first-order valence-electron chi connectivity index (χ1n) is 9.89. The summed E-state index contributed by atoms with van der Waals surface area (Å²) in [5.74, 6) is -0.669. The van der Waals surface area contributed by atoms with Gasteiger partial charge in [0.05, 0.1) is 20.3 Å². The summed E-state index contributed by atoms with van der Waals surface area (Å²) < 4.78 is 11.2. The summed E-state index contributed by atoms with van der Waals surface area (Å²) >= 11 is 6.32. The highest BCUT2D eigenvalue weighted by atomic mass is 35.5. The third-order valence-electron chi connectivity index (χ3n) is 5.18. The molecule has 1 fully saturated rings. The second-order valence-electron chi connectivity index (χ2n) is 7.05. The summed E-state index contributed by atoms with van der Waals surface area (Å²) in [7, 11) is 2.87. The van der Waals surface area contributed by atoms with E-state index < -0.39 is 12.0 Å². The Balaban J connectivity index is 1.72. The zero-order valence-electron chi connectivity index (χ0n) is 17.5. The molecule has 0 N–H and O–H groups in total. The molecule has 31 heavy (non-hydrogen) atoms. The standard InChI is InChI=1S/C21H25ClN4O5/c1-30-14-13-26-18(27)8-7-17(23-26)20(28)25-11-9-24(10-12-25)19(21(29)31-2)15-5-3-4-6-16(15)22/h3-8,19H,9-14H2,1-2H3. The van der Waals surface area contributed by atoms with Crippen molar-refractivity contribution in [3.63, 3.8) is 0 Å². The number of benzene rings is 1. The number of ether oxygens (including phenoxy) is 2. The van der Waals surface area contributed by atoms with Crippen LogP contribution < -0.4 is 5.56 Å². The number of methoxy groups -OCH3 is 2. The Kier molecular flexibility index (Phi) is 7.78. The van der Waals surface area contributed by atoms with E-state index in [0.717, 1.165) is 0 Å². The van der Waals surface area contributed by atoms with Crippen LogP contribution in [0.1, 0.15) is 22.1 Å². The molecule has 10 heteroatoms. The molecule has 1 aliphatic heterocycles. The highest BCUT2D eigenvalue weighted by Crippen LogP contribution is 2.29. The number of carbonyl (C=O) groups is 2. The van der Waals surface area contributed by atoms with E-state index >= 15 is 0 Å². The minimum Gasteiger partial charge on any atom is -0.468 e. The van der Waals surface area contributed by atoms with Gasteiger partial charge in [-0.1, -0.05) is 29.8 Å². The van der Waals surface area contributed by atoms with Crippen molar-refractivity contribution in [3.05, 3.63) is 63.0 Å². The van der Waals surface area contributed by atoms with Crippen molar-refractivity contribution < 1.29 is 19.1 Å². The summed E-state index contributed by atoms with van der Waals surface area (Å²) in [5.41, 5.74) is 0.571. The number of piperazine rings is 1. The van der Waals surface area contributed by atoms with Crippen LogP contribution >= 0.6 is 11.6 Å². The van der Waals surface area contributed by atoms with Gasteiger partial charge in [0.1, 0.15) is 11.7 Å². The van der Waals surface area contributed by atoms with Gasteiger partial charge in [0.2, 0.25) is 0 Å². The molecule has 2 aromatic rings. The summed E-state index contributed by atoms with van der Waals surface area (Å²) in [6, 6.07) is 9.27. The number of nitrogens with zero attached hydrogens (tertiary/aromatic N) is 4. The number of hydrogen-bond acceptors (Lipinski definition) is 7. The highest BCUT2D eigenvalue weighted by Gasteiger charge is 2.34. The van der Waals surface area contributed by atoms with Crippen LogP contribution in [0.4, 0.5) is 0 Å². The lowest BCUT2D eigenvalue weighted by Crippen LogP contribution is -2.51. The molecule has 0 saturated carbocycles. The number of hydrogen-bond donors (Lipinski definition) is 0. The lowest BCUT2D eigenvalue weighted by molar-refractivity contribution is -0.148. The Hall–Kier alpha value is -2.75. The van der Waals surface area contributed by atoms with Gasteiger partial charge < -0.3 is 14.4 Å². The molecule has 1 saturated heterocycles. The normalized spacial score (nSPS) is 15.5. The molecular weight excluding hydrogens is 424 g/mol. The SMILES string of the molecule is COCCn1nc(C(=O)N2CCN(C(C(=O)OC)c3ccccc3Cl)CC2)ccc1=O. The predicted molar refractivity (Wildman–Crippen MR) is 114 cm³/mol. The maximum atomic E-state index is 12.9. The number of amides is 1. The van der Waals surface area contributed by atoms with Crippen LogP contribution in [-0.4, -0.2) is 78.5 Å². The van der Waals surface area contributed by atoms with Gasteiger partial charge in [-0.25, -0.2) is 9.48 Å². The van der Waals surface area contributed by atoms with E-state index in [1.165, 1.54) is 31.0 Å². The Morgan fingerprint density at radius 2 is 1.81 bits per heavy atom.